The minimum absolute atomic E-state index is 0.475. The molecule has 0 saturated heterocycles. The Morgan fingerprint density at radius 3 is 2.56 bits per heavy atom. The second kappa shape index (κ2) is 6.19. The van der Waals surface area contributed by atoms with Gasteiger partial charge in [-0.15, -0.1) is 0 Å². The molecule has 0 unspecified atom stereocenters. The van der Waals surface area contributed by atoms with Gasteiger partial charge in [0.25, 0.3) is 0 Å². The van der Waals surface area contributed by atoms with Gasteiger partial charge in [-0.1, -0.05) is 42.5 Å². The van der Waals surface area contributed by atoms with Crippen molar-refractivity contribution in [1.29, 1.82) is 0 Å². The summed E-state index contributed by atoms with van der Waals surface area (Å²) in [4.78, 5) is 0. The van der Waals surface area contributed by atoms with Gasteiger partial charge in [-0.05, 0) is 17.7 Å². The van der Waals surface area contributed by atoms with Crippen molar-refractivity contribution in [2.24, 2.45) is 0 Å². The van der Waals surface area contributed by atoms with Gasteiger partial charge in [-0.2, -0.15) is 0 Å². The molecule has 0 amide bonds. The molecule has 1 atom stereocenters. The number of anilines is 1. The maximum Gasteiger partial charge on any atom is 0.128 e. The molecule has 0 fully saturated rings. The molecule has 0 radical (unpaired) electrons. The Labute approximate surface area is 107 Å². The van der Waals surface area contributed by atoms with Crippen LogP contribution in [0.15, 0.2) is 54.6 Å². The molecule has 0 aromatic heterocycles. The van der Waals surface area contributed by atoms with Crippen molar-refractivity contribution in [1.82, 2.24) is 0 Å². The average Bonchev–Trinajstić information content (AvgIpc) is 2.40. The Hall–Kier alpha value is -1.84. The van der Waals surface area contributed by atoms with Gasteiger partial charge in [0.15, 0.2) is 0 Å². The number of rotatable bonds is 5. The summed E-state index contributed by atoms with van der Waals surface area (Å²) in [7, 11) is 0. The predicted octanol–water partition coefficient (Wildman–Crippen LogP) is 1.07. The first-order chi connectivity index (χ1) is 8.75. The molecule has 2 aromatic rings. The molecule has 18 heavy (non-hydrogen) atoms. The maximum absolute atomic E-state index is 10.0. The molecular weight excluding hydrogens is 224 g/mol. The zero-order chi connectivity index (χ0) is 12.8. The fraction of sp³-hybridized carbons (Fsp3) is 0.200. The Bertz CT molecular complexity index is 485. The monoisotopic (exact) mass is 243 g/mol. The highest BCUT2D eigenvalue weighted by atomic mass is 16.3. The maximum atomic E-state index is 10.0. The highest BCUT2D eigenvalue weighted by molar-refractivity contribution is 5.41. The third-order valence-corrected chi connectivity index (χ3v) is 2.91. The van der Waals surface area contributed by atoms with E-state index in [1.807, 2.05) is 42.5 Å². The molecule has 2 aromatic carbocycles. The van der Waals surface area contributed by atoms with E-state index in [1.54, 1.807) is 0 Å². The zero-order valence-corrected chi connectivity index (χ0v) is 10.3. The minimum Gasteiger partial charge on any atom is -0.399 e. The lowest BCUT2D eigenvalue weighted by molar-refractivity contribution is -0.677. The molecule has 0 bridgehead atoms. The standard InChI is InChI=1S/C15H18N2O/c16-14-8-4-7-13(9-14)15(18)11-17-10-12-5-2-1-3-6-12/h1-9,15,17-18H,10-11,16H2/p+1/t15-/m1/s1. The quantitative estimate of drug-likeness (QED) is 0.688. The molecular formula is C15H19N2O+. The molecule has 0 aliphatic heterocycles. The van der Waals surface area contributed by atoms with Gasteiger partial charge < -0.3 is 16.2 Å². The van der Waals surface area contributed by atoms with Crippen LogP contribution in [-0.2, 0) is 6.54 Å². The van der Waals surface area contributed by atoms with Crippen LogP contribution in [0.3, 0.4) is 0 Å². The van der Waals surface area contributed by atoms with Gasteiger partial charge in [0.1, 0.15) is 19.2 Å². The highest BCUT2D eigenvalue weighted by Gasteiger charge is 2.09. The predicted molar refractivity (Wildman–Crippen MR) is 72.8 cm³/mol. The van der Waals surface area contributed by atoms with Crippen molar-refractivity contribution in [2.75, 3.05) is 12.3 Å². The lowest BCUT2D eigenvalue weighted by Crippen LogP contribution is -2.83. The van der Waals surface area contributed by atoms with E-state index in [4.69, 9.17) is 5.73 Å². The van der Waals surface area contributed by atoms with E-state index in [0.29, 0.717) is 12.2 Å². The summed E-state index contributed by atoms with van der Waals surface area (Å²) >= 11 is 0. The van der Waals surface area contributed by atoms with E-state index in [2.05, 4.69) is 17.4 Å². The zero-order valence-electron chi connectivity index (χ0n) is 10.3. The lowest BCUT2D eigenvalue weighted by atomic mass is 10.1. The number of nitrogens with two attached hydrogens (primary N) is 2. The fourth-order valence-electron chi connectivity index (χ4n) is 1.92. The lowest BCUT2D eigenvalue weighted by Gasteiger charge is -2.10. The topological polar surface area (TPSA) is 62.9 Å². The molecule has 3 nitrogen and oxygen atoms in total. The number of benzene rings is 2. The van der Waals surface area contributed by atoms with Gasteiger partial charge in [-0.25, -0.2) is 0 Å². The fourth-order valence-corrected chi connectivity index (χ4v) is 1.92. The molecule has 94 valence electrons. The van der Waals surface area contributed by atoms with Crippen LogP contribution in [0.25, 0.3) is 0 Å². The second-order valence-electron chi connectivity index (χ2n) is 4.40. The van der Waals surface area contributed by atoms with E-state index >= 15 is 0 Å². The summed E-state index contributed by atoms with van der Waals surface area (Å²) in [6.07, 6.45) is -0.475. The first kappa shape index (κ1) is 12.6. The van der Waals surface area contributed by atoms with Crippen molar-refractivity contribution < 1.29 is 10.4 Å². The van der Waals surface area contributed by atoms with Gasteiger partial charge in [-0.3, -0.25) is 0 Å². The van der Waals surface area contributed by atoms with Crippen LogP contribution < -0.4 is 11.1 Å². The Balaban J connectivity index is 1.83. The Morgan fingerprint density at radius 2 is 1.83 bits per heavy atom. The number of hydrogen-bond donors (Lipinski definition) is 3. The molecule has 0 saturated carbocycles. The van der Waals surface area contributed by atoms with Crippen LogP contribution in [-0.4, -0.2) is 11.7 Å². The smallest absolute Gasteiger partial charge is 0.128 e. The van der Waals surface area contributed by atoms with Crippen molar-refractivity contribution >= 4 is 5.69 Å². The van der Waals surface area contributed by atoms with Crippen LogP contribution >= 0.6 is 0 Å². The molecule has 2 rings (SSSR count). The number of nitrogen functional groups attached to an aromatic ring is 1. The van der Waals surface area contributed by atoms with Crippen molar-refractivity contribution in [3.63, 3.8) is 0 Å². The molecule has 0 aliphatic rings. The summed E-state index contributed by atoms with van der Waals surface area (Å²) in [5.74, 6) is 0. The second-order valence-corrected chi connectivity index (χ2v) is 4.40. The SMILES string of the molecule is Nc1cccc([C@H](O)C[NH2+]Cc2ccccc2)c1. The minimum atomic E-state index is -0.475. The van der Waals surface area contributed by atoms with Crippen molar-refractivity contribution in [3.8, 4) is 0 Å². The third-order valence-electron chi connectivity index (χ3n) is 2.91. The number of hydrogen-bond acceptors (Lipinski definition) is 2. The van der Waals surface area contributed by atoms with E-state index in [1.165, 1.54) is 5.56 Å². The van der Waals surface area contributed by atoms with E-state index in [9.17, 15) is 5.11 Å². The summed E-state index contributed by atoms with van der Waals surface area (Å²) in [6, 6.07) is 17.6. The number of aliphatic hydroxyl groups excluding tert-OH is 1. The molecule has 0 aliphatic carbocycles. The highest BCUT2D eigenvalue weighted by Crippen LogP contribution is 2.13. The van der Waals surface area contributed by atoms with Crippen LogP contribution in [0.1, 0.15) is 17.2 Å². The Kier molecular flexibility index (Phi) is 4.34. The summed E-state index contributed by atoms with van der Waals surface area (Å²) < 4.78 is 0. The summed E-state index contributed by atoms with van der Waals surface area (Å²) in [5.41, 5.74) is 8.52. The van der Waals surface area contributed by atoms with Gasteiger partial charge in [0.2, 0.25) is 0 Å². The van der Waals surface area contributed by atoms with Crippen LogP contribution in [0.2, 0.25) is 0 Å². The van der Waals surface area contributed by atoms with Crippen molar-refractivity contribution in [3.05, 3.63) is 65.7 Å². The molecule has 3 heteroatoms. The first-order valence-electron chi connectivity index (χ1n) is 6.15. The summed E-state index contributed by atoms with van der Waals surface area (Å²) in [6.45, 7) is 1.51. The van der Waals surface area contributed by atoms with Gasteiger partial charge in [0.05, 0.1) is 0 Å². The molecule has 0 spiro atoms. The van der Waals surface area contributed by atoms with Crippen molar-refractivity contribution in [2.45, 2.75) is 12.6 Å². The van der Waals surface area contributed by atoms with Crippen LogP contribution in [0.4, 0.5) is 5.69 Å². The average molecular weight is 243 g/mol. The Morgan fingerprint density at radius 1 is 1.06 bits per heavy atom. The van der Waals surface area contributed by atoms with Crippen LogP contribution in [0.5, 0.6) is 0 Å². The number of aliphatic hydroxyl groups is 1. The van der Waals surface area contributed by atoms with E-state index < -0.39 is 6.10 Å². The summed E-state index contributed by atoms with van der Waals surface area (Å²) in [5, 5.41) is 12.1. The number of quaternary nitrogens is 1. The molecule has 5 N–H and O–H groups in total. The van der Waals surface area contributed by atoms with E-state index in [0.717, 1.165) is 12.1 Å². The van der Waals surface area contributed by atoms with Gasteiger partial charge in [0, 0.05) is 11.3 Å². The van der Waals surface area contributed by atoms with Gasteiger partial charge >= 0.3 is 0 Å². The first-order valence-corrected chi connectivity index (χ1v) is 6.15. The molecule has 0 heterocycles. The third kappa shape index (κ3) is 3.58. The largest absolute Gasteiger partial charge is 0.399 e. The van der Waals surface area contributed by atoms with Crippen LogP contribution in [0, 0.1) is 0 Å². The normalized spacial score (nSPS) is 12.3. The van der Waals surface area contributed by atoms with E-state index in [-0.39, 0.29) is 0 Å².